The predicted octanol–water partition coefficient (Wildman–Crippen LogP) is 2.07. The van der Waals surface area contributed by atoms with Gasteiger partial charge >= 0.3 is 0 Å². The van der Waals surface area contributed by atoms with E-state index in [0.29, 0.717) is 18.0 Å². The van der Waals surface area contributed by atoms with Crippen LogP contribution in [0.1, 0.15) is 23.9 Å². The van der Waals surface area contributed by atoms with E-state index < -0.39 is 0 Å². The van der Waals surface area contributed by atoms with Crippen LogP contribution in [0.15, 0.2) is 24.5 Å². The molecule has 94 valence electrons. The van der Waals surface area contributed by atoms with Gasteiger partial charge in [-0.25, -0.2) is 0 Å². The van der Waals surface area contributed by atoms with Crippen molar-refractivity contribution in [2.75, 3.05) is 5.32 Å². The topological polar surface area (TPSA) is 67.8 Å². The maximum Gasteiger partial charge on any atom is 0.226 e. The third-order valence-corrected chi connectivity index (χ3v) is 3.36. The molecule has 1 N–H and O–H groups in total. The Balaban J connectivity index is 1.82. The third-order valence-electron chi connectivity index (χ3n) is 2.38. The molecule has 0 fully saturated rings. The van der Waals surface area contributed by atoms with Crippen molar-refractivity contribution in [3.8, 4) is 0 Å². The number of pyridine rings is 1. The van der Waals surface area contributed by atoms with Gasteiger partial charge in [0.25, 0.3) is 0 Å². The Morgan fingerprint density at radius 3 is 3.00 bits per heavy atom. The van der Waals surface area contributed by atoms with Crippen LogP contribution in [0.4, 0.5) is 5.13 Å². The van der Waals surface area contributed by atoms with Crippen LogP contribution in [-0.4, -0.2) is 21.1 Å². The van der Waals surface area contributed by atoms with Crippen LogP contribution in [0.5, 0.6) is 0 Å². The summed E-state index contributed by atoms with van der Waals surface area (Å²) in [5.41, 5.74) is 1.05. The minimum Gasteiger partial charge on any atom is -0.301 e. The number of aryl methyl sites for hydroxylation is 2. The summed E-state index contributed by atoms with van der Waals surface area (Å²) < 4.78 is 0. The van der Waals surface area contributed by atoms with Crippen LogP contribution >= 0.6 is 11.3 Å². The Kier molecular flexibility index (Phi) is 4.35. The van der Waals surface area contributed by atoms with Gasteiger partial charge in [0.2, 0.25) is 11.0 Å². The van der Waals surface area contributed by atoms with Crippen LogP contribution in [-0.2, 0) is 17.6 Å². The van der Waals surface area contributed by atoms with Crippen LogP contribution < -0.4 is 5.32 Å². The lowest BCUT2D eigenvalue weighted by atomic mass is 10.1. The smallest absolute Gasteiger partial charge is 0.226 e. The van der Waals surface area contributed by atoms with E-state index >= 15 is 0 Å². The molecule has 0 aromatic carbocycles. The highest BCUT2D eigenvalue weighted by Gasteiger charge is 2.07. The summed E-state index contributed by atoms with van der Waals surface area (Å²) in [4.78, 5) is 15.7. The number of nitrogens with zero attached hydrogens (tertiary/aromatic N) is 3. The number of amides is 1. The van der Waals surface area contributed by atoms with Gasteiger partial charge < -0.3 is 5.32 Å². The van der Waals surface area contributed by atoms with E-state index in [1.807, 2.05) is 19.1 Å². The monoisotopic (exact) mass is 262 g/mol. The minimum absolute atomic E-state index is 0.0438. The lowest BCUT2D eigenvalue weighted by Gasteiger charge is -2.01. The van der Waals surface area contributed by atoms with Gasteiger partial charge in [0, 0.05) is 18.8 Å². The zero-order valence-electron chi connectivity index (χ0n) is 10.1. The van der Waals surface area contributed by atoms with Gasteiger partial charge in [-0.15, -0.1) is 10.2 Å². The molecule has 0 radical (unpaired) electrons. The van der Waals surface area contributed by atoms with Crippen LogP contribution in [0.25, 0.3) is 0 Å². The summed E-state index contributed by atoms with van der Waals surface area (Å²) in [6.07, 6.45) is 5.43. The van der Waals surface area contributed by atoms with Gasteiger partial charge in [-0.05, 0) is 24.5 Å². The molecule has 2 heterocycles. The van der Waals surface area contributed by atoms with Gasteiger partial charge in [-0.2, -0.15) is 0 Å². The number of hydrogen-bond acceptors (Lipinski definition) is 5. The molecule has 0 unspecified atom stereocenters. The van der Waals surface area contributed by atoms with Crippen LogP contribution in [0.2, 0.25) is 0 Å². The quantitative estimate of drug-likeness (QED) is 0.895. The molecule has 2 aromatic rings. The van der Waals surface area contributed by atoms with Crippen molar-refractivity contribution in [2.45, 2.75) is 26.2 Å². The molecule has 2 aromatic heterocycles. The molecule has 2 rings (SSSR count). The van der Waals surface area contributed by atoms with E-state index in [2.05, 4.69) is 20.5 Å². The van der Waals surface area contributed by atoms with E-state index in [1.165, 1.54) is 11.3 Å². The van der Waals surface area contributed by atoms with Crippen molar-refractivity contribution in [3.05, 3.63) is 35.1 Å². The maximum atomic E-state index is 11.7. The summed E-state index contributed by atoms with van der Waals surface area (Å²) in [6.45, 7) is 2.01. The fraction of sp³-hybridized carbons (Fsp3) is 0.333. The van der Waals surface area contributed by atoms with Gasteiger partial charge in [0.15, 0.2) is 0 Å². The molecule has 0 bridgehead atoms. The van der Waals surface area contributed by atoms with Gasteiger partial charge in [0.1, 0.15) is 5.01 Å². The van der Waals surface area contributed by atoms with Crippen molar-refractivity contribution >= 4 is 22.4 Å². The Morgan fingerprint density at radius 1 is 1.44 bits per heavy atom. The molecule has 18 heavy (non-hydrogen) atoms. The number of aromatic nitrogens is 3. The number of carbonyl (C=O) groups is 1. The van der Waals surface area contributed by atoms with Crippen molar-refractivity contribution < 1.29 is 4.79 Å². The first kappa shape index (κ1) is 12.6. The Morgan fingerprint density at radius 2 is 2.33 bits per heavy atom. The molecular formula is C12H14N4OS. The van der Waals surface area contributed by atoms with Gasteiger partial charge in [-0.3, -0.25) is 9.78 Å². The molecule has 1 amide bonds. The first-order valence-corrected chi connectivity index (χ1v) is 6.60. The predicted molar refractivity (Wildman–Crippen MR) is 70.5 cm³/mol. The highest BCUT2D eigenvalue weighted by molar-refractivity contribution is 7.15. The van der Waals surface area contributed by atoms with Crippen molar-refractivity contribution in [2.24, 2.45) is 0 Å². The van der Waals surface area contributed by atoms with E-state index in [1.54, 1.807) is 12.4 Å². The second-order valence-electron chi connectivity index (χ2n) is 3.76. The number of hydrogen-bond donors (Lipinski definition) is 1. The van der Waals surface area contributed by atoms with E-state index in [0.717, 1.165) is 17.0 Å². The lowest BCUT2D eigenvalue weighted by molar-refractivity contribution is -0.116. The first-order valence-electron chi connectivity index (χ1n) is 5.79. The number of carbonyl (C=O) groups excluding carboxylic acids is 1. The molecule has 0 aliphatic rings. The van der Waals surface area contributed by atoms with Crippen LogP contribution in [0.3, 0.4) is 0 Å². The molecular weight excluding hydrogens is 248 g/mol. The second-order valence-corrected chi connectivity index (χ2v) is 4.83. The molecule has 0 aliphatic heterocycles. The molecule has 0 aliphatic carbocycles. The molecule has 0 saturated heterocycles. The normalized spacial score (nSPS) is 10.3. The Hall–Kier alpha value is -1.82. The second kappa shape index (κ2) is 6.20. The molecule has 6 heteroatoms. The highest BCUT2D eigenvalue weighted by Crippen LogP contribution is 2.15. The number of nitrogens with one attached hydrogen (secondary N) is 1. The molecule has 0 saturated carbocycles. The molecule has 0 atom stereocenters. The van der Waals surface area contributed by atoms with Crippen molar-refractivity contribution in [3.63, 3.8) is 0 Å². The zero-order chi connectivity index (χ0) is 12.8. The fourth-order valence-corrected chi connectivity index (χ4v) is 2.13. The summed E-state index contributed by atoms with van der Waals surface area (Å²) in [6, 6.07) is 3.83. The Bertz CT molecular complexity index is 512. The summed E-state index contributed by atoms with van der Waals surface area (Å²) in [7, 11) is 0. The Labute approximate surface area is 109 Å². The molecule has 5 nitrogen and oxygen atoms in total. The number of rotatable bonds is 5. The minimum atomic E-state index is -0.0438. The van der Waals surface area contributed by atoms with Crippen molar-refractivity contribution in [1.82, 2.24) is 15.2 Å². The molecule has 0 spiro atoms. The SMILES string of the molecule is CCc1nnc(NC(=O)CCc2cccnc2)s1. The van der Waals surface area contributed by atoms with E-state index in [-0.39, 0.29) is 5.91 Å². The largest absolute Gasteiger partial charge is 0.301 e. The highest BCUT2D eigenvalue weighted by atomic mass is 32.1. The van der Waals surface area contributed by atoms with Gasteiger partial charge in [0.05, 0.1) is 0 Å². The fourth-order valence-electron chi connectivity index (χ4n) is 1.43. The standard InChI is InChI=1S/C12H14N4OS/c1-2-11-15-16-12(18-11)14-10(17)6-5-9-4-3-7-13-8-9/h3-4,7-8H,2,5-6H2,1H3,(H,14,16,17). The number of anilines is 1. The average molecular weight is 262 g/mol. The summed E-state index contributed by atoms with van der Waals surface area (Å²) >= 11 is 1.42. The van der Waals surface area contributed by atoms with Crippen molar-refractivity contribution in [1.29, 1.82) is 0 Å². The van der Waals surface area contributed by atoms with E-state index in [4.69, 9.17) is 0 Å². The van der Waals surface area contributed by atoms with E-state index in [9.17, 15) is 4.79 Å². The first-order chi connectivity index (χ1) is 8.78. The zero-order valence-corrected chi connectivity index (χ0v) is 10.9. The lowest BCUT2D eigenvalue weighted by Crippen LogP contribution is -2.12. The summed E-state index contributed by atoms with van der Waals surface area (Å²) in [5.74, 6) is -0.0438. The third kappa shape index (κ3) is 3.59. The average Bonchev–Trinajstić information content (AvgIpc) is 2.85. The summed E-state index contributed by atoms with van der Waals surface area (Å²) in [5, 5.41) is 12.1. The maximum absolute atomic E-state index is 11.7. The van der Waals surface area contributed by atoms with Crippen LogP contribution in [0, 0.1) is 0 Å². The van der Waals surface area contributed by atoms with Gasteiger partial charge in [-0.1, -0.05) is 24.3 Å².